The van der Waals surface area contributed by atoms with Gasteiger partial charge in [0.05, 0.1) is 4.88 Å². The Hall–Kier alpha value is -1.28. The Morgan fingerprint density at radius 3 is 2.83 bits per heavy atom. The maximum Gasteiger partial charge on any atom is 0.216 e. The van der Waals surface area contributed by atoms with E-state index in [0.29, 0.717) is 12.2 Å². The van der Waals surface area contributed by atoms with Gasteiger partial charge in [-0.3, -0.25) is 4.40 Å². The van der Waals surface area contributed by atoms with Crippen molar-refractivity contribution in [3.8, 4) is 11.4 Å². The number of hydrogen-bond donors (Lipinski definition) is 1. The van der Waals surface area contributed by atoms with Gasteiger partial charge in [-0.25, -0.2) is 0 Å². The summed E-state index contributed by atoms with van der Waals surface area (Å²) >= 11 is 5.25. The van der Waals surface area contributed by atoms with Crippen LogP contribution in [0, 0.1) is 0 Å². The normalized spacial score (nSPS) is 24.5. The topological polar surface area (TPSA) is 43.9 Å². The molecule has 126 valence electrons. The lowest BCUT2D eigenvalue weighted by Crippen LogP contribution is -3.14. The van der Waals surface area contributed by atoms with Crippen LogP contribution >= 0.6 is 27.3 Å². The predicted octanol–water partition coefficient (Wildman–Crippen LogP) is 2.41. The zero-order valence-electron chi connectivity index (χ0n) is 13.7. The second-order valence-corrected chi connectivity index (χ2v) is 8.49. The van der Waals surface area contributed by atoms with Crippen LogP contribution in [0.3, 0.4) is 0 Å². The molecule has 1 N–H and O–H groups in total. The fourth-order valence-corrected chi connectivity index (χ4v) is 4.82. The molecule has 0 radical (unpaired) electrons. The van der Waals surface area contributed by atoms with Crippen molar-refractivity contribution in [1.29, 1.82) is 0 Å². The molecule has 0 unspecified atom stereocenters. The number of fused-ring (bicyclic) bond motifs is 1. The van der Waals surface area contributed by atoms with Crippen LogP contribution in [0.2, 0.25) is 0 Å². The number of thiazole rings is 1. The Kier molecular flexibility index (Phi) is 4.42. The SMILES string of the molecule is C[C@@H]1C[NH+](Cc2cn3c(-c4cccc(Br)c4)nnc3s2)C[C@@H](C)O1. The molecule has 7 heteroatoms. The number of hydrogen-bond acceptors (Lipinski definition) is 4. The second kappa shape index (κ2) is 6.55. The first-order valence-corrected chi connectivity index (χ1v) is 9.78. The van der Waals surface area contributed by atoms with Crippen LogP contribution in [0.25, 0.3) is 16.3 Å². The Morgan fingerprint density at radius 1 is 1.29 bits per heavy atom. The number of quaternary nitrogens is 1. The number of benzene rings is 1. The summed E-state index contributed by atoms with van der Waals surface area (Å²) in [4.78, 5) is 3.86. The molecule has 24 heavy (non-hydrogen) atoms. The van der Waals surface area contributed by atoms with Crippen molar-refractivity contribution in [2.75, 3.05) is 13.1 Å². The molecular formula is C17H20BrN4OS+. The van der Waals surface area contributed by atoms with Crippen molar-refractivity contribution in [2.24, 2.45) is 0 Å². The molecule has 3 heterocycles. The highest BCUT2D eigenvalue weighted by Gasteiger charge is 2.26. The van der Waals surface area contributed by atoms with Crippen molar-refractivity contribution in [1.82, 2.24) is 14.6 Å². The van der Waals surface area contributed by atoms with E-state index in [1.54, 1.807) is 16.2 Å². The first-order chi connectivity index (χ1) is 11.6. The van der Waals surface area contributed by atoms with Gasteiger partial charge in [-0.15, -0.1) is 10.2 Å². The molecular weight excluding hydrogens is 388 g/mol. The summed E-state index contributed by atoms with van der Waals surface area (Å²) in [6, 6.07) is 8.18. The van der Waals surface area contributed by atoms with E-state index in [1.165, 1.54) is 4.88 Å². The van der Waals surface area contributed by atoms with E-state index < -0.39 is 0 Å². The first-order valence-electron chi connectivity index (χ1n) is 8.17. The number of halogens is 1. The molecule has 0 bridgehead atoms. The maximum absolute atomic E-state index is 5.84. The predicted molar refractivity (Wildman–Crippen MR) is 98.4 cm³/mol. The molecule has 3 aromatic rings. The van der Waals surface area contributed by atoms with Crippen molar-refractivity contribution in [2.45, 2.75) is 32.6 Å². The summed E-state index contributed by atoms with van der Waals surface area (Å²) < 4.78 is 8.99. The summed E-state index contributed by atoms with van der Waals surface area (Å²) in [5.41, 5.74) is 1.07. The zero-order chi connectivity index (χ0) is 16.7. The molecule has 0 amide bonds. The van der Waals surface area contributed by atoms with Gasteiger partial charge in [-0.05, 0) is 26.0 Å². The highest BCUT2D eigenvalue weighted by Crippen LogP contribution is 2.25. The number of nitrogens with zero attached hydrogens (tertiary/aromatic N) is 3. The average Bonchev–Trinajstić information content (AvgIpc) is 3.05. The van der Waals surface area contributed by atoms with Gasteiger partial charge < -0.3 is 9.64 Å². The molecule has 2 atom stereocenters. The van der Waals surface area contributed by atoms with E-state index in [9.17, 15) is 0 Å². The summed E-state index contributed by atoms with van der Waals surface area (Å²) in [6.07, 6.45) is 2.84. The molecule has 1 aromatic carbocycles. The van der Waals surface area contributed by atoms with Crippen LogP contribution in [0.4, 0.5) is 0 Å². The van der Waals surface area contributed by atoms with Crippen LogP contribution in [-0.2, 0) is 11.3 Å². The zero-order valence-corrected chi connectivity index (χ0v) is 16.1. The Balaban J connectivity index is 1.60. The third-order valence-corrected chi connectivity index (χ3v) is 5.75. The third-order valence-electron chi connectivity index (χ3n) is 4.28. The number of rotatable bonds is 3. The Morgan fingerprint density at radius 2 is 2.08 bits per heavy atom. The molecule has 0 spiro atoms. The first kappa shape index (κ1) is 16.2. The quantitative estimate of drug-likeness (QED) is 0.724. The summed E-state index contributed by atoms with van der Waals surface area (Å²) in [5, 5.41) is 8.71. The molecule has 1 fully saturated rings. The van der Waals surface area contributed by atoms with E-state index in [4.69, 9.17) is 4.74 Å². The van der Waals surface area contributed by atoms with Gasteiger partial charge in [0.1, 0.15) is 31.8 Å². The van der Waals surface area contributed by atoms with Crippen molar-refractivity contribution >= 4 is 32.2 Å². The molecule has 4 rings (SSSR count). The minimum absolute atomic E-state index is 0.326. The van der Waals surface area contributed by atoms with Crippen LogP contribution in [0.1, 0.15) is 18.7 Å². The summed E-state index contributed by atoms with van der Waals surface area (Å²) in [5.74, 6) is 0.896. The Labute approximate surface area is 153 Å². The van der Waals surface area contributed by atoms with E-state index in [-0.39, 0.29) is 0 Å². The smallest absolute Gasteiger partial charge is 0.216 e. The average molecular weight is 408 g/mol. The summed E-state index contributed by atoms with van der Waals surface area (Å²) in [7, 11) is 0. The van der Waals surface area contributed by atoms with Gasteiger partial charge in [-0.1, -0.05) is 39.4 Å². The Bertz CT molecular complexity index is 851. The van der Waals surface area contributed by atoms with Gasteiger partial charge in [0.2, 0.25) is 4.96 Å². The van der Waals surface area contributed by atoms with Crippen LogP contribution in [-0.4, -0.2) is 39.9 Å². The molecule has 5 nitrogen and oxygen atoms in total. The van der Waals surface area contributed by atoms with Gasteiger partial charge in [-0.2, -0.15) is 0 Å². The van der Waals surface area contributed by atoms with Crippen molar-refractivity contribution < 1.29 is 9.64 Å². The van der Waals surface area contributed by atoms with Crippen LogP contribution < -0.4 is 4.90 Å². The van der Waals surface area contributed by atoms with E-state index in [0.717, 1.165) is 40.5 Å². The van der Waals surface area contributed by atoms with Crippen LogP contribution in [0.5, 0.6) is 0 Å². The van der Waals surface area contributed by atoms with Crippen molar-refractivity contribution in [3.63, 3.8) is 0 Å². The highest BCUT2D eigenvalue weighted by molar-refractivity contribution is 9.10. The fourth-order valence-electron chi connectivity index (χ4n) is 3.44. The minimum atomic E-state index is 0.326. The van der Waals surface area contributed by atoms with Crippen molar-refractivity contribution in [3.05, 3.63) is 39.8 Å². The molecule has 1 aliphatic heterocycles. The number of ether oxygens (including phenoxy) is 1. The van der Waals surface area contributed by atoms with Gasteiger partial charge in [0, 0.05) is 16.2 Å². The molecule has 1 aliphatic rings. The van der Waals surface area contributed by atoms with E-state index in [2.05, 4.69) is 62.7 Å². The maximum atomic E-state index is 5.84. The number of aromatic nitrogens is 3. The summed E-state index contributed by atoms with van der Waals surface area (Å²) in [6.45, 7) is 7.45. The van der Waals surface area contributed by atoms with Crippen LogP contribution in [0.15, 0.2) is 34.9 Å². The molecule has 2 aromatic heterocycles. The molecule has 1 saturated heterocycles. The lowest BCUT2D eigenvalue weighted by molar-refractivity contribution is -0.928. The second-order valence-electron chi connectivity index (χ2n) is 6.48. The molecule has 0 aliphatic carbocycles. The highest BCUT2D eigenvalue weighted by atomic mass is 79.9. The minimum Gasteiger partial charge on any atom is -0.364 e. The molecule has 0 saturated carbocycles. The largest absolute Gasteiger partial charge is 0.364 e. The van der Waals surface area contributed by atoms with E-state index in [1.807, 2.05) is 12.1 Å². The third kappa shape index (κ3) is 3.26. The fraction of sp³-hybridized carbons (Fsp3) is 0.412. The van der Waals surface area contributed by atoms with Gasteiger partial charge >= 0.3 is 0 Å². The number of morpholine rings is 1. The lowest BCUT2D eigenvalue weighted by atomic mass is 10.2. The van der Waals surface area contributed by atoms with Gasteiger partial charge in [0.15, 0.2) is 5.82 Å². The number of nitrogens with one attached hydrogen (secondary N) is 1. The standard InChI is InChI=1S/C17H19BrN4OS/c1-11-7-21(8-12(2)23-11)9-15-10-22-16(19-20-17(22)24-15)13-4-3-5-14(18)6-13/h3-6,10-12H,7-9H2,1-2H3/p+1/t11-,12-/m1/s1. The van der Waals surface area contributed by atoms with Gasteiger partial charge in [0.25, 0.3) is 0 Å². The van der Waals surface area contributed by atoms with E-state index >= 15 is 0 Å². The lowest BCUT2D eigenvalue weighted by Gasteiger charge is -2.32. The monoisotopic (exact) mass is 407 g/mol.